The Morgan fingerprint density at radius 1 is 1.25 bits per heavy atom. The summed E-state index contributed by atoms with van der Waals surface area (Å²) in [7, 11) is 0. The molecule has 1 saturated heterocycles. The summed E-state index contributed by atoms with van der Waals surface area (Å²) in [4.78, 5) is 10.4. The lowest BCUT2D eigenvalue weighted by Crippen LogP contribution is -2.22. The van der Waals surface area contributed by atoms with Crippen LogP contribution in [0.1, 0.15) is 19.3 Å². The smallest absolute Gasteiger partial charge is 0.153 e. The Morgan fingerprint density at radius 3 is 2.62 bits per heavy atom. The van der Waals surface area contributed by atoms with Crippen LogP contribution in [0.4, 0.5) is 11.6 Å². The second kappa shape index (κ2) is 3.77. The molecular formula is C11H15ClN4. The third-order valence-electron chi connectivity index (χ3n) is 3.82. The minimum atomic E-state index is 0.378. The van der Waals surface area contributed by atoms with Crippen LogP contribution in [0.5, 0.6) is 0 Å². The molecule has 2 unspecified atom stereocenters. The molecule has 86 valence electrons. The van der Waals surface area contributed by atoms with Gasteiger partial charge in [0.05, 0.1) is 0 Å². The summed E-state index contributed by atoms with van der Waals surface area (Å²) in [5.41, 5.74) is 5.69. The molecule has 2 atom stereocenters. The number of rotatable bonds is 1. The number of nitrogens with two attached hydrogens (primary N) is 1. The van der Waals surface area contributed by atoms with Gasteiger partial charge in [-0.25, -0.2) is 9.97 Å². The topological polar surface area (TPSA) is 55.0 Å². The molecule has 5 heteroatoms. The van der Waals surface area contributed by atoms with Gasteiger partial charge in [0.2, 0.25) is 0 Å². The zero-order valence-electron chi connectivity index (χ0n) is 9.06. The maximum absolute atomic E-state index is 6.14. The van der Waals surface area contributed by atoms with Crippen LogP contribution in [0.25, 0.3) is 0 Å². The Morgan fingerprint density at radius 2 is 1.94 bits per heavy atom. The molecule has 4 nitrogen and oxygen atoms in total. The normalized spacial score (nSPS) is 28.4. The zero-order valence-corrected chi connectivity index (χ0v) is 9.82. The molecule has 1 aliphatic heterocycles. The van der Waals surface area contributed by atoms with Gasteiger partial charge >= 0.3 is 0 Å². The highest BCUT2D eigenvalue weighted by Gasteiger charge is 2.37. The first-order chi connectivity index (χ1) is 7.75. The van der Waals surface area contributed by atoms with Crippen LogP contribution in [0, 0.1) is 11.8 Å². The molecule has 16 heavy (non-hydrogen) atoms. The van der Waals surface area contributed by atoms with Gasteiger partial charge in [-0.15, -0.1) is 0 Å². The van der Waals surface area contributed by atoms with E-state index < -0.39 is 0 Å². The molecule has 2 fully saturated rings. The van der Waals surface area contributed by atoms with Crippen molar-refractivity contribution in [2.75, 3.05) is 23.7 Å². The summed E-state index contributed by atoms with van der Waals surface area (Å²) in [5, 5.41) is 0.502. The molecule has 2 aliphatic rings. The first-order valence-electron chi connectivity index (χ1n) is 5.76. The van der Waals surface area contributed by atoms with Crippen LogP contribution in [-0.2, 0) is 0 Å². The Balaban J connectivity index is 1.86. The van der Waals surface area contributed by atoms with Crippen LogP contribution in [0.15, 0.2) is 6.33 Å². The van der Waals surface area contributed by atoms with E-state index in [0.717, 1.165) is 30.7 Å². The number of fused-ring (bicyclic) bond motifs is 1. The number of nitrogen functional groups attached to an aromatic ring is 1. The van der Waals surface area contributed by atoms with Crippen LogP contribution in [-0.4, -0.2) is 23.1 Å². The summed E-state index contributed by atoms with van der Waals surface area (Å²) < 4.78 is 0. The summed E-state index contributed by atoms with van der Waals surface area (Å²) in [6.45, 7) is 2.14. The van der Waals surface area contributed by atoms with Gasteiger partial charge in [0, 0.05) is 13.1 Å². The molecule has 2 heterocycles. The van der Waals surface area contributed by atoms with Gasteiger partial charge in [0.15, 0.2) is 5.82 Å². The maximum atomic E-state index is 6.14. The quantitative estimate of drug-likeness (QED) is 0.813. The number of nitrogens with zero attached hydrogens (tertiary/aromatic N) is 3. The molecule has 0 bridgehead atoms. The first kappa shape index (κ1) is 10.1. The van der Waals surface area contributed by atoms with E-state index in [1.807, 2.05) is 0 Å². The van der Waals surface area contributed by atoms with Crippen LogP contribution in [0.2, 0.25) is 5.02 Å². The third kappa shape index (κ3) is 1.52. The zero-order chi connectivity index (χ0) is 11.1. The summed E-state index contributed by atoms with van der Waals surface area (Å²) >= 11 is 6.14. The van der Waals surface area contributed by atoms with E-state index in [9.17, 15) is 0 Å². The molecule has 2 N–H and O–H groups in total. The predicted molar refractivity (Wildman–Crippen MR) is 64.5 cm³/mol. The summed E-state index contributed by atoms with van der Waals surface area (Å²) in [6, 6.07) is 0. The van der Waals surface area contributed by atoms with Gasteiger partial charge in [0.25, 0.3) is 0 Å². The standard InChI is InChI=1S/C11H15ClN4/c12-9-10(13)14-6-15-11(9)16-4-7-2-1-3-8(7)5-16/h6-8H,1-5H2,(H2,13,14,15). The summed E-state index contributed by atoms with van der Waals surface area (Å²) in [5.74, 6) is 2.84. The van der Waals surface area contributed by atoms with Crippen LogP contribution in [0.3, 0.4) is 0 Å². The fraction of sp³-hybridized carbons (Fsp3) is 0.636. The van der Waals surface area contributed by atoms with Crippen molar-refractivity contribution in [2.45, 2.75) is 19.3 Å². The lowest BCUT2D eigenvalue weighted by Gasteiger charge is -2.19. The third-order valence-corrected chi connectivity index (χ3v) is 4.19. The number of hydrogen-bond acceptors (Lipinski definition) is 4. The molecular weight excluding hydrogens is 224 g/mol. The van der Waals surface area contributed by atoms with Gasteiger partial charge in [0.1, 0.15) is 17.2 Å². The first-order valence-corrected chi connectivity index (χ1v) is 6.14. The summed E-state index contributed by atoms with van der Waals surface area (Å²) in [6.07, 6.45) is 5.56. The molecule has 1 aliphatic carbocycles. The van der Waals surface area contributed by atoms with E-state index in [4.69, 9.17) is 17.3 Å². The van der Waals surface area contributed by atoms with Gasteiger partial charge < -0.3 is 10.6 Å². The van der Waals surface area contributed by atoms with Crippen molar-refractivity contribution in [2.24, 2.45) is 11.8 Å². The Hall–Kier alpha value is -1.03. The number of anilines is 2. The Labute approximate surface area is 99.8 Å². The van der Waals surface area contributed by atoms with E-state index in [1.165, 1.54) is 25.6 Å². The monoisotopic (exact) mass is 238 g/mol. The largest absolute Gasteiger partial charge is 0.382 e. The number of halogens is 1. The fourth-order valence-electron chi connectivity index (χ4n) is 3.00. The molecule has 0 aromatic carbocycles. The Bertz CT molecular complexity index is 397. The van der Waals surface area contributed by atoms with Crippen molar-refractivity contribution < 1.29 is 0 Å². The average molecular weight is 239 g/mol. The fourth-order valence-corrected chi connectivity index (χ4v) is 3.22. The SMILES string of the molecule is Nc1ncnc(N2CC3CCCC3C2)c1Cl. The van der Waals surface area contributed by atoms with Crippen molar-refractivity contribution in [3.05, 3.63) is 11.3 Å². The molecule has 0 amide bonds. The number of hydrogen-bond donors (Lipinski definition) is 1. The van der Waals surface area contributed by atoms with Crippen molar-refractivity contribution in [3.8, 4) is 0 Å². The average Bonchev–Trinajstić information content (AvgIpc) is 2.81. The number of aromatic nitrogens is 2. The van der Waals surface area contributed by atoms with Crippen molar-refractivity contribution in [1.29, 1.82) is 0 Å². The van der Waals surface area contributed by atoms with Crippen LogP contribution >= 0.6 is 11.6 Å². The highest BCUT2D eigenvalue weighted by molar-refractivity contribution is 6.35. The van der Waals surface area contributed by atoms with Gasteiger partial charge in [-0.2, -0.15) is 0 Å². The Kier molecular flexibility index (Phi) is 2.39. The molecule has 1 aromatic heterocycles. The lowest BCUT2D eigenvalue weighted by molar-refractivity contribution is 0.494. The van der Waals surface area contributed by atoms with Crippen LogP contribution < -0.4 is 10.6 Å². The molecule has 1 saturated carbocycles. The predicted octanol–water partition coefficient (Wildman–Crippen LogP) is 1.95. The van der Waals surface area contributed by atoms with Crippen molar-refractivity contribution in [1.82, 2.24) is 9.97 Å². The van der Waals surface area contributed by atoms with Gasteiger partial charge in [-0.05, 0) is 24.7 Å². The molecule has 3 rings (SSSR count). The van der Waals surface area contributed by atoms with E-state index in [-0.39, 0.29) is 0 Å². The van der Waals surface area contributed by atoms with E-state index in [1.54, 1.807) is 0 Å². The van der Waals surface area contributed by atoms with E-state index in [2.05, 4.69) is 14.9 Å². The lowest BCUT2D eigenvalue weighted by atomic mass is 10.0. The maximum Gasteiger partial charge on any atom is 0.153 e. The molecule has 1 aromatic rings. The van der Waals surface area contributed by atoms with Gasteiger partial charge in [-0.3, -0.25) is 0 Å². The highest BCUT2D eigenvalue weighted by atomic mass is 35.5. The minimum Gasteiger partial charge on any atom is -0.382 e. The van der Waals surface area contributed by atoms with Crippen molar-refractivity contribution in [3.63, 3.8) is 0 Å². The molecule has 0 radical (unpaired) electrons. The second-order valence-electron chi connectivity index (χ2n) is 4.75. The van der Waals surface area contributed by atoms with E-state index in [0.29, 0.717) is 10.8 Å². The molecule has 0 spiro atoms. The minimum absolute atomic E-state index is 0.378. The van der Waals surface area contributed by atoms with E-state index >= 15 is 0 Å². The second-order valence-corrected chi connectivity index (χ2v) is 5.13. The van der Waals surface area contributed by atoms with Crippen molar-refractivity contribution >= 4 is 23.2 Å². The highest BCUT2D eigenvalue weighted by Crippen LogP contribution is 2.40. The van der Waals surface area contributed by atoms with Gasteiger partial charge in [-0.1, -0.05) is 18.0 Å².